The zero-order valence-electron chi connectivity index (χ0n) is 46.1. The summed E-state index contributed by atoms with van der Waals surface area (Å²) in [7, 11) is -51.8. The number of phosphoric ester groups is 3. The number of anilines is 1. The van der Waals surface area contributed by atoms with Crippen molar-refractivity contribution >= 4 is 88.0 Å². The second-order valence-corrected chi connectivity index (χ2v) is 31.9. The Labute approximate surface area is 524 Å². The largest absolute Gasteiger partial charge is 0.490 e. The maximum atomic E-state index is 13.9. The molecule has 0 spiro atoms. The number of aliphatic hydroxyl groups is 4. The molecule has 5 aliphatic rings. The van der Waals surface area contributed by atoms with Crippen LogP contribution in [0.3, 0.4) is 0 Å². The van der Waals surface area contributed by atoms with Crippen molar-refractivity contribution in [3.8, 4) is 12.3 Å². The number of hydrogen-bond acceptors (Lipinski definition) is 33. The van der Waals surface area contributed by atoms with Gasteiger partial charge in [-0.2, -0.15) is 30.8 Å². The third-order valence-electron chi connectivity index (χ3n) is 11.8. The van der Waals surface area contributed by atoms with E-state index in [1.165, 1.54) is 12.3 Å². The first-order valence-corrected chi connectivity index (χ1v) is 37.5. The zero-order valence-corrected chi connectivity index (χ0v) is 54.2. The Balaban J connectivity index is 0.000000303. The first-order chi connectivity index (χ1) is 42.9. The van der Waals surface area contributed by atoms with E-state index in [1.807, 2.05) is 0 Å². The molecule has 1 aromatic heterocycles. The fourth-order valence-electron chi connectivity index (χ4n) is 7.82. The lowest BCUT2D eigenvalue weighted by Crippen LogP contribution is -2.52. The van der Waals surface area contributed by atoms with E-state index in [1.54, 1.807) is 0 Å². The van der Waals surface area contributed by atoms with Crippen LogP contribution in [0.25, 0.3) is 0 Å². The second kappa shape index (κ2) is 31.1. The van der Waals surface area contributed by atoms with E-state index in [-0.39, 0.29) is 23.3 Å². The van der Waals surface area contributed by atoms with Crippen molar-refractivity contribution in [2.24, 2.45) is 16.6 Å². The molecule has 542 valence electrons. The highest BCUT2D eigenvalue weighted by atomic mass is 31.3. The number of nitrogens with one attached hydrogen (secondary N) is 1. The number of phosphoric acid groups is 9. The highest BCUT2D eigenvalue weighted by molar-refractivity contribution is 7.67. The first kappa shape index (κ1) is 83.8. The average Bonchev–Trinajstić information content (AvgIpc) is 1.62. The molecule has 47 nitrogen and oxygen atoms in total. The van der Waals surface area contributed by atoms with Gasteiger partial charge >= 0.3 is 76.1 Å². The fourth-order valence-corrected chi connectivity index (χ4v) is 17.0. The molecule has 21 N–H and O–H groups in total. The zero-order chi connectivity index (χ0) is 73.1. The van der Waals surface area contributed by atoms with Crippen LogP contribution in [-0.2, 0) is 99.5 Å². The van der Waals surface area contributed by atoms with Crippen LogP contribution in [-0.4, -0.2) is 203 Å². The van der Waals surface area contributed by atoms with Crippen LogP contribution in [0.5, 0.6) is 0 Å². The van der Waals surface area contributed by atoms with E-state index in [4.69, 9.17) is 76.1 Å². The van der Waals surface area contributed by atoms with E-state index in [9.17, 15) is 108 Å². The Kier molecular flexibility index (Phi) is 27.4. The van der Waals surface area contributed by atoms with Gasteiger partial charge in [0.05, 0.1) is 31.8 Å². The minimum absolute atomic E-state index is 0.0212. The number of nitrogens with two attached hydrogens (primary N) is 2. The summed E-state index contributed by atoms with van der Waals surface area (Å²) in [5, 5.41) is 43.3. The molecule has 3 saturated heterocycles. The number of terminal acetylenes is 1. The van der Waals surface area contributed by atoms with Gasteiger partial charge in [-0.25, -0.2) is 72.8 Å². The summed E-state index contributed by atoms with van der Waals surface area (Å²) < 4.78 is 220. The number of aliphatic imine (C=N–C) groups is 1. The van der Waals surface area contributed by atoms with Gasteiger partial charge in [0.15, 0.2) is 23.7 Å². The highest BCUT2D eigenvalue weighted by Crippen LogP contribution is 2.69. The van der Waals surface area contributed by atoms with Crippen LogP contribution in [0.1, 0.15) is 12.6 Å². The van der Waals surface area contributed by atoms with Crippen LogP contribution in [0.15, 0.2) is 71.4 Å². The van der Waals surface area contributed by atoms with E-state index < -0.39 is 194 Å². The number of ether oxygens (including phenoxy) is 3. The molecule has 1 aromatic rings. The Morgan fingerprint density at radius 2 is 1.11 bits per heavy atom. The van der Waals surface area contributed by atoms with Gasteiger partial charge in [0.25, 0.3) is 18.8 Å². The third kappa shape index (κ3) is 23.2. The van der Waals surface area contributed by atoms with Gasteiger partial charge in [-0.15, -0.1) is 6.42 Å². The molecule has 95 heavy (non-hydrogen) atoms. The smallest absolute Gasteiger partial charge is 0.390 e. The molecule has 0 aliphatic carbocycles. The number of hydrogen-bond donors (Lipinski definition) is 19. The van der Waals surface area contributed by atoms with Gasteiger partial charge in [-0.3, -0.25) is 22.9 Å². The summed E-state index contributed by atoms with van der Waals surface area (Å²) in [6, 6.07) is 1.13. The number of aromatic nitrogens is 2. The third-order valence-corrected chi connectivity index (χ3v) is 23.1. The molecule has 6 rings (SSSR count). The molecule has 6 heterocycles. The molecule has 0 aromatic carbocycles. The summed E-state index contributed by atoms with van der Waals surface area (Å²) >= 11 is 0. The second-order valence-electron chi connectivity index (χ2n) is 18.6. The van der Waals surface area contributed by atoms with E-state index in [0.717, 1.165) is 34.3 Å². The van der Waals surface area contributed by atoms with Crippen LogP contribution in [0, 0.1) is 18.3 Å². The Morgan fingerprint density at radius 1 is 0.653 bits per heavy atom. The van der Waals surface area contributed by atoms with Crippen molar-refractivity contribution in [3.05, 3.63) is 72.1 Å². The predicted molar refractivity (Wildman–Crippen MR) is 289 cm³/mol. The fraction of sp³-hybridized carbons (Fsp3) is 0.529. The van der Waals surface area contributed by atoms with Crippen molar-refractivity contribution in [2.75, 3.05) is 32.2 Å². The Bertz CT molecular complexity index is 3700. The minimum Gasteiger partial charge on any atom is -0.390 e. The number of halogens is 5. The molecular formula is C34H52F5N8O39P9. The van der Waals surface area contributed by atoms with Crippen LogP contribution in [0.4, 0.5) is 27.8 Å². The summed E-state index contributed by atoms with van der Waals surface area (Å²) in [5.41, 5.74) is 1.13. The minimum atomic E-state index is -5.92. The average molecular weight is 1570 g/mol. The number of alkyl halides is 5. The van der Waals surface area contributed by atoms with Crippen LogP contribution >= 0.6 is 70.4 Å². The normalized spacial score (nSPS) is 31.1. The Hall–Kier alpha value is -3.66. The lowest BCUT2D eigenvalue weighted by atomic mass is 9.91. The lowest BCUT2D eigenvalue weighted by Gasteiger charge is -2.34. The predicted octanol–water partition coefficient (Wildman–Crippen LogP) is -2.06. The molecule has 1 amide bonds. The number of amides is 1. The van der Waals surface area contributed by atoms with Crippen molar-refractivity contribution in [1.82, 2.24) is 24.7 Å². The van der Waals surface area contributed by atoms with Crippen molar-refractivity contribution < 1.29 is 201 Å². The van der Waals surface area contributed by atoms with Gasteiger partial charge in [0, 0.05) is 31.1 Å². The molecule has 17 atom stereocenters. The van der Waals surface area contributed by atoms with E-state index in [0.29, 0.717) is 4.57 Å². The standard InChI is InChI=1S/C13H18FN2O13P3.C11H18F2N3O13P3.C10H16F2N3O13P3/c1-3-9-11(18)13(6-14,27-12(9)16-5-4-10(17)15-8(16)2)7-26-31(22,23)29-32(24,25)28-30(19,20)21;1-5-15-6(14)2-3-16(5)9-7(17)8(18)11(27-9,10(12)13)4-26-31(22,23)29-32(24,25)28-30(19,20)21;11-8(12)10(4-25-30(21,22)28-31(23,24)27-29(18,19)20)5(16)3-7(26-10)15-2-1-6(13)14-9(15)17/h1,4-5,9,11-12,18H,2,6-7H2,(H,15,17)(H,22,23)(H,24,25)(H2,19,20,21);2-3,7-10,17-18H,1,4H2,(H2,14,15)(H,22,23)(H,24,25)(H2,19,20,21);1-2,5,7-8,16H,3-4H2,(H,21,22)(H,23,24)(H2,13,14,17)(H2,18,19,20)/t9-,11-,12+,13+;7-,8-,9+,11+;5-,7+,10+/m000/s1. The van der Waals surface area contributed by atoms with Crippen molar-refractivity contribution in [1.29, 1.82) is 0 Å². The summed E-state index contributed by atoms with van der Waals surface area (Å²) in [5.74, 6) is -0.0926. The summed E-state index contributed by atoms with van der Waals surface area (Å²) in [4.78, 5) is 139. The molecule has 0 saturated carbocycles. The monoisotopic (exact) mass is 1570 g/mol. The Morgan fingerprint density at radius 3 is 1.52 bits per heavy atom. The van der Waals surface area contributed by atoms with Gasteiger partial charge in [-0.1, -0.05) is 19.1 Å². The van der Waals surface area contributed by atoms with E-state index in [2.05, 4.69) is 73.8 Å². The van der Waals surface area contributed by atoms with Gasteiger partial charge in [0.1, 0.15) is 60.1 Å². The number of carbonyl (C=O) groups excluding carboxylic acids is 1. The topological polar surface area (TPSA) is 723 Å². The molecule has 61 heteroatoms. The van der Waals surface area contributed by atoms with Crippen LogP contribution < -0.4 is 22.5 Å². The van der Waals surface area contributed by atoms with E-state index >= 15 is 0 Å². The number of aliphatic hydroxyl groups excluding tert-OH is 4. The van der Waals surface area contributed by atoms with Crippen LogP contribution in [0.2, 0.25) is 0 Å². The van der Waals surface area contributed by atoms with Crippen molar-refractivity contribution in [2.45, 2.75) is 79.2 Å². The molecule has 6 unspecified atom stereocenters. The number of amidine groups is 1. The lowest BCUT2D eigenvalue weighted by molar-refractivity contribution is -0.196. The highest BCUT2D eigenvalue weighted by Gasteiger charge is 2.63. The molecule has 0 bridgehead atoms. The first-order valence-electron chi connectivity index (χ1n) is 23.9. The van der Waals surface area contributed by atoms with Crippen molar-refractivity contribution in [3.63, 3.8) is 0 Å². The number of rotatable bonds is 27. The molecular weight excluding hydrogens is 1520 g/mol. The maximum absolute atomic E-state index is 13.9. The van der Waals surface area contributed by atoms with Gasteiger partial charge in [-0.05, 0) is 12.1 Å². The van der Waals surface area contributed by atoms with Gasteiger partial charge < -0.3 is 120 Å². The maximum Gasteiger partial charge on any atom is 0.490 e. The molecule has 0 radical (unpaired) electrons. The molecule has 3 fully saturated rings. The molecule has 5 aliphatic heterocycles. The quantitative estimate of drug-likeness (QED) is 0.0256. The number of carbonyl (C=O) groups is 1. The number of nitrogen functional groups attached to an aromatic ring is 1. The summed E-state index contributed by atoms with van der Waals surface area (Å²) in [6.07, 6.45) is -10.0. The van der Waals surface area contributed by atoms with Gasteiger partial charge in [0.2, 0.25) is 0 Å². The summed E-state index contributed by atoms with van der Waals surface area (Å²) in [6.45, 7) is 0.875. The number of nitrogens with zero attached hydrogens (tertiary/aromatic N) is 5. The SMILES string of the molecule is C#C[C@@H]1[C@H](N2C=CC(=O)NC2=C)O[C@](CF)(COP(=O)(O)OP(=O)(O)OP(=O)(O)O)[C@H]1O.C=C1N=C(N)C=CN1[C@@H]1O[C@@](COP(=O)(O)OP(=O)(O)OP(=O)(O)O)(C(F)F)[C@@H](O)[C@@H]1O.Nc1ccn([C@H]2C[C@H](O)[C@](COP(=O)(O)OP(=O)(O)OP(=O)(O)O)(C(F)F)O2)c(=O)n1.